The van der Waals surface area contributed by atoms with E-state index in [1.165, 1.54) is 0 Å². The second kappa shape index (κ2) is 7.26. The first-order valence-electron chi connectivity index (χ1n) is 5.51. The minimum Gasteiger partial charge on any atom is -0.395 e. The maximum Gasteiger partial charge on any atom is 0.165 e. The van der Waals surface area contributed by atoms with Crippen LogP contribution < -0.4 is 0 Å². The Labute approximate surface area is 94.7 Å². The molecule has 2 N–H and O–H groups in total. The van der Waals surface area contributed by atoms with E-state index in [-0.39, 0.29) is 13.2 Å². The molecule has 0 aliphatic carbocycles. The van der Waals surface area contributed by atoms with E-state index in [1.54, 1.807) is 4.68 Å². The molecule has 0 saturated carbocycles. The summed E-state index contributed by atoms with van der Waals surface area (Å²) in [6, 6.07) is 0. The maximum absolute atomic E-state index is 8.88. The highest BCUT2D eigenvalue weighted by Gasteiger charge is 2.10. The average molecular weight is 229 g/mol. The second-order valence-electron chi connectivity index (χ2n) is 3.54. The Balaban J connectivity index is 2.57. The van der Waals surface area contributed by atoms with Gasteiger partial charge in [-0.05, 0) is 16.8 Å². The molecule has 0 unspecified atom stereocenters. The standard InChI is InChI=1S/C9H19N5O2/c1-2-3-14-9(10-11-12-14)8-13(4-6-15)5-7-16/h15-16H,2-8H2,1H3. The van der Waals surface area contributed by atoms with E-state index in [9.17, 15) is 0 Å². The summed E-state index contributed by atoms with van der Waals surface area (Å²) in [5, 5.41) is 29.2. The highest BCUT2D eigenvalue weighted by atomic mass is 16.3. The normalized spacial score (nSPS) is 11.2. The van der Waals surface area contributed by atoms with E-state index in [4.69, 9.17) is 10.2 Å². The lowest BCUT2D eigenvalue weighted by Crippen LogP contribution is -2.30. The van der Waals surface area contributed by atoms with Gasteiger partial charge in [-0.3, -0.25) is 4.90 Å². The Morgan fingerprint density at radius 3 is 2.50 bits per heavy atom. The van der Waals surface area contributed by atoms with E-state index >= 15 is 0 Å². The largest absolute Gasteiger partial charge is 0.395 e. The number of nitrogens with zero attached hydrogens (tertiary/aromatic N) is 5. The summed E-state index contributed by atoms with van der Waals surface area (Å²) in [7, 11) is 0. The summed E-state index contributed by atoms with van der Waals surface area (Å²) in [6.07, 6.45) is 0.970. The Bertz CT molecular complexity index is 285. The fraction of sp³-hybridized carbons (Fsp3) is 0.889. The molecule has 0 saturated heterocycles. The average Bonchev–Trinajstić information content (AvgIpc) is 2.67. The third-order valence-corrected chi connectivity index (χ3v) is 2.24. The Kier molecular flexibility index (Phi) is 5.91. The molecule has 1 aromatic heterocycles. The van der Waals surface area contributed by atoms with Crippen molar-refractivity contribution >= 4 is 0 Å². The molecule has 1 rings (SSSR count). The van der Waals surface area contributed by atoms with Crippen molar-refractivity contribution in [3.8, 4) is 0 Å². The van der Waals surface area contributed by atoms with Crippen molar-refractivity contribution in [3.63, 3.8) is 0 Å². The molecule has 0 aromatic carbocycles. The van der Waals surface area contributed by atoms with Crippen LogP contribution in [-0.2, 0) is 13.1 Å². The summed E-state index contributed by atoms with van der Waals surface area (Å²) in [5.74, 6) is 0.767. The van der Waals surface area contributed by atoms with Gasteiger partial charge < -0.3 is 10.2 Å². The number of aliphatic hydroxyl groups is 2. The first-order chi connectivity index (χ1) is 7.81. The lowest BCUT2D eigenvalue weighted by Gasteiger charge is -2.19. The fourth-order valence-corrected chi connectivity index (χ4v) is 1.47. The van der Waals surface area contributed by atoms with Gasteiger partial charge in [0.2, 0.25) is 0 Å². The molecule has 1 heterocycles. The van der Waals surface area contributed by atoms with Gasteiger partial charge in [-0.1, -0.05) is 6.92 Å². The number of aryl methyl sites for hydroxylation is 1. The molecule has 7 heteroatoms. The van der Waals surface area contributed by atoms with Gasteiger partial charge in [0.05, 0.1) is 19.8 Å². The van der Waals surface area contributed by atoms with Gasteiger partial charge in [-0.15, -0.1) is 5.10 Å². The molecule has 16 heavy (non-hydrogen) atoms. The monoisotopic (exact) mass is 229 g/mol. The van der Waals surface area contributed by atoms with Gasteiger partial charge in [0.15, 0.2) is 5.82 Å². The third-order valence-electron chi connectivity index (χ3n) is 2.24. The smallest absolute Gasteiger partial charge is 0.165 e. The maximum atomic E-state index is 8.88. The summed E-state index contributed by atoms with van der Waals surface area (Å²) >= 11 is 0. The van der Waals surface area contributed by atoms with Crippen molar-refractivity contribution in [2.45, 2.75) is 26.4 Å². The summed E-state index contributed by atoms with van der Waals surface area (Å²) in [6.45, 7) is 4.55. The van der Waals surface area contributed by atoms with Crippen LogP contribution in [-0.4, -0.2) is 61.6 Å². The van der Waals surface area contributed by atoms with Crippen molar-refractivity contribution in [3.05, 3.63) is 5.82 Å². The Morgan fingerprint density at radius 2 is 1.94 bits per heavy atom. The topological polar surface area (TPSA) is 87.3 Å². The molecule has 0 spiro atoms. The zero-order valence-electron chi connectivity index (χ0n) is 9.58. The molecule has 0 aliphatic rings. The number of rotatable bonds is 8. The molecule has 7 nitrogen and oxygen atoms in total. The van der Waals surface area contributed by atoms with E-state index in [1.807, 2.05) is 4.90 Å². The highest BCUT2D eigenvalue weighted by molar-refractivity contribution is 4.81. The van der Waals surface area contributed by atoms with Crippen LogP contribution in [0.4, 0.5) is 0 Å². The molecular formula is C9H19N5O2. The van der Waals surface area contributed by atoms with Crippen LogP contribution in [0.1, 0.15) is 19.2 Å². The van der Waals surface area contributed by atoms with Crippen LogP contribution in [0.25, 0.3) is 0 Å². The number of aliphatic hydroxyl groups excluding tert-OH is 2. The lowest BCUT2D eigenvalue weighted by molar-refractivity contribution is 0.151. The predicted molar refractivity (Wildman–Crippen MR) is 57.6 cm³/mol. The quantitative estimate of drug-likeness (QED) is 0.586. The minimum absolute atomic E-state index is 0.0648. The second-order valence-corrected chi connectivity index (χ2v) is 3.54. The minimum atomic E-state index is 0.0648. The van der Waals surface area contributed by atoms with Crippen molar-refractivity contribution < 1.29 is 10.2 Å². The van der Waals surface area contributed by atoms with E-state index < -0.39 is 0 Å². The molecule has 0 fully saturated rings. The van der Waals surface area contributed by atoms with E-state index in [2.05, 4.69) is 22.4 Å². The number of hydrogen-bond acceptors (Lipinski definition) is 6. The van der Waals surface area contributed by atoms with Crippen LogP contribution in [0.3, 0.4) is 0 Å². The molecule has 92 valence electrons. The first-order valence-corrected chi connectivity index (χ1v) is 5.51. The number of tetrazole rings is 1. The van der Waals surface area contributed by atoms with Gasteiger partial charge >= 0.3 is 0 Å². The van der Waals surface area contributed by atoms with Crippen molar-refractivity contribution in [2.75, 3.05) is 26.3 Å². The van der Waals surface area contributed by atoms with Crippen molar-refractivity contribution in [2.24, 2.45) is 0 Å². The van der Waals surface area contributed by atoms with Gasteiger partial charge in [0, 0.05) is 19.6 Å². The van der Waals surface area contributed by atoms with Crippen LogP contribution in [0, 0.1) is 0 Å². The van der Waals surface area contributed by atoms with Gasteiger partial charge in [-0.25, -0.2) is 4.68 Å². The molecule has 0 aliphatic heterocycles. The molecule has 1 aromatic rings. The van der Waals surface area contributed by atoms with Crippen LogP contribution in [0.5, 0.6) is 0 Å². The molecular weight excluding hydrogens is 210 g/mol. The Morgan fingerprint density at radius 1 is 1.25 bits per heavy atom. The van der Waals surface area contributed by atoms with E-state index in [0.29, 0.717) is 19.6 Å². The van der Waals surface area contributed by atoms with Crippen molar-refractivity contribution in [1.29, 1.82) is 0 Å². The number of hydrogen-bond donors (Lipinski definition) is 2. The SMILES string of the molecule is CCCn1nnnc1CN(CCO)CCO. The molecule has 0 bridgehead atoms. The molecule has 0 radical (unpaired) electrons. The summed E-state index contributed by atoms with van der Waals surface area (Å²) in [5.41, 5.74) is 0. The zero-order valence-corrected chi connectivity index (χ0v) is 9.58. The third kappa shape index (κ3) is 3.84. The summed E-state index contributed by atoms with van der Waals surface area (Å²) < 4.78 is 1.75. The zero-order chi connectivity index (χ0) is 11.8. The van der Waals surface area contributed by atoms with Crippen LogP contribution in [0.15, 0.2) is 0 Å². The summed E-state index contributed by atoms with van der Waals surface area (Å²) in [4.78, 5) is 1.91. The van der Waals surface area contributed by atoms with Gasteiger partial charge in [-0.2, -0.15) is 0 Å². The number of aromatic nitrogens is 4. The van der Waals surface area contributed by atoms with Crippen LogP contribution >= 0.6 is 0 Å². The molecule has 0 amide bonds. The first kappa shape index (κ1) is 13.0. The predicted octanol–water partition coefficient (Wildman–Crippen LogP) is -1.13. The van der Waals surface area contributed by atoms with Gasteiger partial charge in [0.1, 0.15) is 0 Å². The van der Waals surface area contributed by atoms with Gasteiger partial charge in [0.25, 0.3) is 0 Å². The molecule has 0 atom stereocenters. The van der Waals surface area contributed by atoms with Crippen LogP contribution in [0.2, 0.25) is 0 Å². The Hall–Kier alpha value is -1.05. The fourth-order valence-electron chi connectivity index (χ4n) is 1.47. The highest BCUT2D eigenvalue weighted by Crippen LogP contribution is 2.00. The van der Waals surface area contributed by atoms with Crippen molar-refractivity contribution in [1.82, 2.24) is 25.1 Å². The van der Waals surface area contributed by atoms with E-state index in [0.717, 1.165) is 18.8 Å². The lowest BCUT2D eigenvalue weighted by atomic mass is 10.4.